The van der Waals surface area contributed by atoms with Gasteiger partial charge in [-0.2, -0.15) is 4.31 Å². The third kappa shape index (κ3) is 3.46. The van der Waals surface area contributed by atoms with Crippen molar-refractivity contribution in [2.75, 3.05) is 18.8 Å². The molecule has 1 aromatic rings. The van der Waals surface area contributed by atoms with E-state index < -0.39 is 10.0 Å². The summed E-state index contributed by atoms with van der Waals surface area (Å²) < 4.78 is 27.2. The molecule has 0 aliphatic rings. The maximum absolute atomic E-state index is 12.5. The predicted molar refractivity (Wildman–Crippen MR) is 77.9 cm³/mol. The van der Waals surface area contributed by atoms with Gasteiger partial charge in [0.25, 0.3) is 0 Å². The Morgan fingerprint density at radius 1 is 1.22 bits per heavy atom. The number of halogens is 1. The number of nitrogens with zero attached hydrogens (tertiary/aromatic N) is 1. The standard InChI is InChI=1S/C12H19BrN2O2S/c1-3-7-15(8-4-2)18(16,17)12-9-10(13)5-6-11(12)14/h5-6,9H,3-4,7-8,14H2,1-2H3. The molecule has 0 fully saturated rings. The molecule has 0 aromatic heterocycles. The van der Waals surface area contributed by atoms with Gasteiger partial charge in [-0.15, -0.1) is 0 Å². The fraction of sp³-hybridized carbons (Fsp3) is 0.500. The van der Waals surface area contributed by atoms with E-state index in [9.17, 15) is 8.42 Å². The largest absolute Gasteiger partial charge is 0.398 e. The number of hydrogen-bond donors (Lipinski definition) is 1. The second-order valence-electron chi connectivity index (χ2n) is 4.09. The van der Waals surface area contributed by atoms with Gasteiger partial charge in [0.15, 0.2) is 0 Å². The van der Waals surface area contributed by atoms with Crippen LogP contribution in [0.25, 0.3) is 0 Å². The molecule has 0 aliphatic heterocycles. The normalized spacial score (nSPS) is 12.0. The minimum absolute atomic E-state index is 0.179. The van der Waals surface area contributed by atoms with Crippen LogP contribution < -0.4 is 5.73 Å². The van der Waals surface area contributed by atoms with Crippen LogP contribution in [0.1, 0.15) is 26.7 Å². The highest BCUT2D eigenvalue weighted by atomic mass is 79.9. The quantitative estimate of drug-likeness (QED) is 0.813. The van der Waals surface area contributed by atoms with Crippen molar-refractivity contribution in [3.05, 3.63) is 22.7 Å². The highest BCUT2D eigenvalue weighted by Crippen LogP contribution is 2.26. The summed E-state index contributed by atoms with van der Waals surface area (Å²) in [5, 5.41) is 0. The van der Waals surface area contributed by atoms with Crippen molar-refractivity contribution < 1.29 is 8.42 Å². The van der Waals surface area contributed by atoms with Crippen LogP contribution in [0.3, 0.4) is 0 Å². The summed E-state index contributed by atoms with van der Waals surface area (Å²) in [6.45, 7) is 4.95. The van der Waals surface area contributed by atoms with Gasteiger partial charge in [-0.1, -0.05) is 29.8 Å². The van der Waals surface area contributed by atoms with Crippen molar-refractivity contribution >= 4 is 31.6 Å². The first-order chi connectivity index (χ1) is 8.43. The zero-order chi connectivity index (χ0) is 13.8. The monoisotopic (exact) mass is 334 g/mol. The molecular weight excluding hydrogens is 316 g/mol. The first kappa shape index (κ1) is 15.5. The minimum atomic E-state index is -3.50. The van der Waals surface area contributed by atoms with Gasteiger partial charge in [0.05, 0.1) is 5.69 Å². The van der Waals surface area contributed by atoms with Gasteiger partial charge < -0.3 is 5.73 Å². The molecule has 0 amide bonds. The second kappa shape index (κ2) is 6.54. The number of hydrogen-bond acceptors (Lipinski definition) is 3. The zero-order valence-corrected chi connectivity index (χ0v) is 13.1. The van der Waals surface area contributed by atoms with Crippen LogP contribution in [-0.4, -0.2) is 25.8 Å². The molecule has 0 saturated carbocycles. The highest BCUT2D eigenvalue weighted by Gasteiger charge is 2.25. The lowest BCUT2D eigenvalue weighted by molar-refractivity contribution is 0.410. The zero-order valence-electron chi connectivity index (χ0n) is 10.7. The molecule has 0 saturated heterocycles. The fourth-order valence-corrected chi connectivity index (χ4v) is 4.00. The van der Waals surface area contributed by atoms with E-state index in [1.54, 1.807) is 18.2 Å². The van der Waals surface area contributed by atoms with Crippen LogP contribution in [0.15, 0.2) is 27.6 Å². The molecular formula is C12H19BrN2O2S. The maximum Gasteiger partial charge on any atom is 0.245 e. The fourth-order valence-electron chi connectivity index (χ4n) is 1.72. The molecule has 2 N–H and O–H groups in total. The number of anilines is 1. The molecule has 0 spiro atoms. The Kier molecular flexibility index (Phi) is 5.62. The molecule has 1 rings (SSSR count). The second-order valence-corrected chi connectivity index (χ2v) is 6.91. The summed E-state index contributed by atoms with van der Waals surface area (Å²) in [5.41, 5.74) is 6.07. The summed E-state index contributed by atoms with van der Waals surface area (Å²) in [6.07, 6.45) is 1.57. The lowest BCUT2D eigenvalue weighted by atomic mass is 10.3. The molecule has 4 nitrogen and oxygen atoms in total. The van der Waals surface area contributed by atoms with Gasteiger partial charge in [0.2, 0.25) is 10.0 Å². The van der Waals surface area contributed by atoms with Crippen molar-refractivity contribution in [3.63, 3.8) is 0 Å². The lowest BCUT2D eigenvalue weighted by Gasteiger charge is -2.21. The average Bonchev–Trinajstić information content (AvgIpc) is 2.32. The summed E-state index contributed by atoms with van der Waals surface area (Å²) >= 11 is 3.28. The van der Waals surface area contributed by atoms with Gasteiger partial charge in [0.1, 0.15) is 4.90 Å². The first-order valence-corrected chi connectivity index (χ1v) is 8.22. The molecule has 18 heavy (non-hydrogen) atoms. The Labute approximate surface area is 117 Å². The molecule has 0 unspecified atom stereocenters. The van der Waals surface area contributed by atoms with E-state index in [0.717, 1.165) is 12.8 Å². The molecule has 102 valence electrons. The molecule has 0 atom stereocenters. The first-order valence-electron chi connectivity index (χ1n) is 5.98. The van der Waals surface area contributed by atoms with Crippen molar-refractivity contribution in [2.24, 2.45) is 0 Å². The van der Waals surface area contributed by atoms with Crippen molar-refractivity contribution in [1.82, 2.24) is 4.31 Å². The summed E-state index contributed by atoms with van der Waals surface area (Å²) in [4.78, 5) is 0.179. The molecule has 0 heterocycles. The van der Waals surface area contributed by atoms with Gasteiger partial charge in [-0.05, 0) is 31.0 Å². The van der Waals surface area contributed by atoms with Crippen LogP contribution in [0, 0.1) is 0 Å². The SMILES string of the molecule is CCCN(CCC)S(=O)(=O)c1cc(Br)ccc1N. The van der Waals surface area contributed by atoms with Crippen LogP contribution >= 0.6 is 15.9 Å². The molecule has 6 heteroatoms. The number of benzene rings is 1. The molecule has 0 aliphatic carbocycles. The molecule has 0 bridgehead atoms. The van der Waals surface area contributed by atoms with Crippen LogP contribution in [-0.2, 0) is 10.0 Å². The van der Waals surface area contributed by atoms with E-state index in [2.05, 4.69) is 15.9 Å². The number of nitrogens with two attached hydrogens (primary N) is 1. The number of nitrogen functional groups attached to an aromatic ring is 1. The Hall–Kier alpha value is -0.590. The lowest BCUT2D eigenvalue weighted by Crippen LogP contribution is -2.33. The highest BCUT2D eigenvalue weighted by molar-refractivity contribution is 9.10. The maximum atomic E-state index is 12.5. The van der Waals surface area contributed by atoms with E-state index in [1.165, 1.54) is 4.31 Å². The number of rotatable bonds is 6. The Morgan fingerprint density at radius 2 is 1.78 bits per heavy atom. The minimum Gasteiger partial charge on any atom is -0.398 e. The van der Waals surface area contributed by atoms with Crippen molar-refractivity contribution in [1.29, 1.82) is 0 Å². The van der Waals surface area contributed by atoms with E-state index in [-0.39, 0.29) is 10.6 Å². The van der Waals surface area contributed by atoms with Crippen molar-refractivity contribution in [3.8, 4) is 0 Å². The van der Waals surface area contributed by atoms with E-state index >= 15 is 0 Å². The third-order valence-electron chi connectivity index (χ3n) is 2.54. The average molecular weight is 335 g/mol. The van der Waals surface area contributed by atoms with Gasteiger partial charge in [-0.25, -0.2) is 8.42 Å². The third-order valence-corrected chi connectivity index (χ3v) is 4.99. The van der Waals surface area contributed by atoms with Crippen LogP contribution in [0.4, 0.5) is 5.69 Å². The summed E-state index contributed by atoms with van der Waals surface area (Å²) in [6, 6.07) is 4.90. The number of sulfonamides is 1. The van der Waals surface area contributed by atoms with E-state index in [1.807, 2.05) is 13.8 Å². The Morgan fingerprint density at radius 3 is 2.28 bits per heavy atom. The van der Waals surface area contributed by atoms with Gasteiger partial charge >= 0.3 is 0 Å². The summed E-state index contributed by atoms with van der Waals surface area (Å²) in [5.74, 6) is 0. The van der Waals surface area contributed by atoms with E-state index in [4.69, 9.17) is 5.73 Å². The van der Waals surface area contributed by atoms with Gasteiger partial charge in [0, 0.05) is 17.6 Å². The van der Waals surface area contributed by atoms with Crippen molar-refractivity contribution in [2.45, 2.75) is 31.6 Å². The van der Waals surface area contributed by atoms with Crippen LogP contribution in [0.2, 0.25) is 0 Å². The van der Waals surface area contributed by atoms with Crippen LogP contribution in [0.5, 0.6) is 0 Å². The Bertz CT molecular complexity index is 497. The molecule has 0 radical (unpaired) electrons. The molecule has 1 aromatic carbocycles. The summed E-state index contributed by atoms with van der Waals surface area (Å²) in [7, 11) is -3.50. The van der Waals surface area contributed by atoms with E-state index in [0.29, 0.717) is 17.6 Å². The predicted octanol–water partition coefficient (Wildman–Crippen LogP) is 2.84. The van der Waals surface area contributed by atoms with Gasteiger partial charge in [-0.3, -0.25) is 0 Å². The topological polar surface area (TPSA) is 63.4 Å². The Balaban J connectivity index is 3.21. The smallest absolute Gasteiger partial charge is 0.245 e.